The Labute approximate surface area is 111 Å². The van der Waals surface area contributed by atoms with Gasteiger partial charge in [0.05, 0.1) is 13.4 Å². The van der Waals surface area contributed by atoms with E-state index >= 15 is 0 Å². The molecule has 0 spiro atoms. The molecule has 0 bridgehead atoms. The van der Waals surface area contributed by atoms with E-state index in [9.17, 15) is 8.42 Å². The highest BCUT2D eigenvalue weighted by Gasteiger charge is 2.01. The molecule has 19 heavy (non-hydrogen) atoms. The molecule has 0 radical (unpaired) electrons. The van der Waals surface area contributed by atoms with Crippen LogP contribution in [0.15, 0.2) is 47.6 Å². The predicted octanol–water partition coefficient (Wildman–Crippen LogP) is 1.64. The maximum absolute atomic E-state index is 11.0. The van der Waals surface area contributed by atoms with Gasteiger partial charge in [0.1, 0.15) is 11.1 Å². The van der Waals surface area contributed by atoms with Gasteiger partial charge in [-0.15, -0.1) is 0 Å². The zero-order valence-electron chi connectivity index (χ0n) is 10.5. The summed E-state index contributed by atoms with van der Waals surface area (Å²) in [6, 6.07) is 12.6. The normalized spacial score (nSPS) is 12.4. The van der Waals surface area contributed by atoms with Crippen LogP contribution in [0.5, 0.6) is 5.75 Å². The molecule has 0 aliphatic heterocycles. The Morgan fingerprint density at radius 3 is 2.53 bits per heavy atom. The Hall–Kier alpha value is -2.08. The third-order valence-corrected chi connectivity index (χ3v) is 2.79. The lowest BCUT2D eigenvalue weighted by Crippen LogP contribution is -2.05. The highest BCUT2D eigenvalue weighted by Crippen LogP contribution is 2.17. The molecule has 0 fully saturated rings. The summed E-state index contributed by atoms with van der Waals surface area (Å²) in [5, 5.41) is 5.76. The molecule has 0 amide bonds. The molecular weight excluding hydrogens is 266 g/mol. The molecule has 0 saturated carbocycles. The average Bonchev–Trinajstić information content (AvgIpc) is 2.56. The number of methoxy groups -OCH3 is 1. The highest BCUT2D eigenvalue weighted by molar-refractivity contribution is 7.85. The van der Waals surface area contributed by atoms with Gasteiger partial charge in [0.15, 0.2) is 0 Å². The fraction of sp³-hybridized carbons (Fsp3) is 0.154. The second-order valence-corrected chi connectivity index (χ2v) is 5.48. The minimum absolute atomic E-state index is 0.438. The standard InChI is InChI=1S/C13H13NO4S/c1-17-11-7-8-12-10(9-11)5-3-4-6-13(12)14-18-19(2,15)16/h3-9H,1-2H3/b14-13-. The van der Waals surface area contributed by atoms with Crippen molar-refractivity contribution in [3.63, 3.8) is 0 Å². The second-order valence-electron chi connectivity index (χ2n) is 3.93. The molecular formula is C13H13NO4S. The van der Waals surface area contributed by atoms with Gasteiger partial charge in [0.2, 0.25) is 0 Å². The van der Waals surface area contributed by atoms with E-state index < -0.39 is 10.1 Å². The highest BCUT2D eigenvalue weighted by atomic mass is 32.2. The number of ether oxygens (including phenoxy) is 1. The first-order chi connectivity index (χ1) is 8.99. The van der Waals surface area contributed by atoms with Crippen molar-refractivity contribution in [2.45, 2.75) is 0 Å². The fourth-order valence-corrected chi connectivity index (χ4v) is 1.84. The maximum Gasteiger partial charge on any atom is 0.325 e. The zero-order chi connectivity index (χ0) is 13.9. The van der Waals surface area contributed by atoms with Crippen molar-refractivity contribution in [1.82, 2.24) is 0 Å². The monoisotopic (exact) mass is 279 g/mol. The van der Waals surface area contributed by atoms with Gasteiger partial charge in [0.25, 0.3) is 0 Å². The van der Waals surface area contributed by atoms with E-state index in [0.29, 0.717) is 11.1 Å². The summed E-state index contributed by atoms with van der Waals surface area (Å²) in [6.07, 6.45) is 0.949. The number of hydrogen-bond acceptors (Lipinski definition) is 5. The van der Waals surface area contributed by atoms with Crippen LogP contribution in [0.1, 0.15) is 0 Å². The molecule has 0 aliphatic rings. The van der Waals surface area contributed by atoms with Gasteiger partial charge in [-0.05, 0) is 29.7 Å². The van der Waals surface area contributed by atoms with Gasteiger partial charge >= 0.3 is 10.1 Å². The number of nitrogens with zero attached hydrogens (tertiary/aromatic N) is 1. The molecule has 100 valence electrons. The van der Waals surface area contributed by atoms with Crippen LogP contribution in [0.2, 0.25) is 0 Å². The van der Waals surface area contributed by atoms with Crippen molar-refractivity contribution in [2.75, 3.05) is 13.4 Å². The number of benzene rings is 1. The molecule has 2 aromatic carbocycles. The molecule has 0 heterocycles. The summed E-state index contributed by atoms with van der Waals surface area (Å²) in [5.74, 6) is 0.716. The maximum atomic E-state index is 11.0. The van der Waals surface area contributed by atoms with Crippen LogP contribution in [0.3, 0.4) is 0 Å². The summed E-state index contributed by atoms with van der Waals surface area (Å²) in [4.78, 5) is 0. The molecule has 0 aliphatic carbocycles. The van der Waals surface area contributed by atoms with Gasteiger partial charge in [-0.2, -0.15) is 8.42 Å². The topological polar surface area (TPSA) is 65.0 Å². The molecule has 2 rings (SSSR count). The Bertz CT molecular complexity index is 769. The minimum atomic E-state index is -3.62. The van der Waals surface area contributed by atoms with E-state index in [-0.39, 0.29) is 0 Å². The summed E-state index contributed by atoms with van der Waals surface area (Å²) in [7, 11) is -2.03. The Morgan fingerprint density at radius 2 is 1.84 bits per heavy atom. The van der Waals surface area contributed by atoms with Crippen LogP contribution < -0.4 is 10.1 Å². The van der Waals surface area contributed by atoms with Crippen molar-refractivity contribution >= 4 is 20.9 Å². The first kappa shape index (κ1) is 13.4. The molecule has 2 aromatic rings. The van der Waals surface area contributed by atoms with Crippen LogP contribution in [-0.2, 0) is 14.4 Å². The molecule has 0 aromatic heterocycles. The third kappa shape index (κ3) is 3.45. The van der Waals surface area contributed by atoms with Crippen molar-refractivity contribution in [3.8, 4) is 5.75 Å². The van der Waals surface area contributed by atoms with Crippen molar-refractivity contribution in [3.05, 3.63) is 47.8 Å². The first-order valence-corrected chi connectivity index (χ1v) is 7.31. The number of hydrogen-bond donors (Lipinski definition) is 0. The van der Waals surface area contributed by atoms with Crippen LogP contribution in [0.25, 0.3) is 10.8 Å². The van der Waals surface area contributed by atoms with Crippen molar-refractivity contribution in [2.24, 2.45) is 5.16 Å². The lowest BCUT2D eigenvalue weighted by Gasteiger charge is -2.00. The quantitative estimate of drug-likeness (QED) is 0.801. The summed E-state index contributed by atoms with van der Waals surface area (Å²) in [5.41, 5.74) is 0. The van der Waals surface area contributed by atoms with Gasteiger partial charge in [0, 0.05) is 5.39 Å². The van der Waals surface area contributed by atoms with Gasteiger partial charge in [-0.25, -0.2) is 0 Å². The van der Waals surface area contributed by atoms with Crippen LogP contribution in [0, 0.1) is 0 Å². The van der Waals surface area contributed by atoms with Crippen LogP contribution in [-0.4, -0.2) is 21.8 Å². The summed E-state index contributed by atoms with van der Waals surface area (Å²) < 4.78 is 31.6. The summed E-state index contributed by atoms with van der Waals surface area (Å²) in [6.45, 7) is 0. The van der Waals surface area contributed by atoms with Crippen molar-refractivity contribution in [1.29, 1.82) is 0 Å². The molecule has 5 nitrogen and oxygen atoms in total. The Morgan fingerprint density at radius 1 is 1.11 bits per heavy atom. The van der Waals surface area contributed by atoms with Crippen LogP contribution >= 0.6 is 0 Å². The van der Waals surface area contributed by atoms with E-state index in [4.69, 9.17) is 4.74 Å². The summed E-state index contributed by atoms with van der Waals surface area (Å²) >= 11 is 0. The lowest BCUT2D eigenvalue weighted by atomic mass is 10.2. The Balaban J connectivity index is 2.69. The first-order valence-electron chi connectivity index (χ1n) is 5.49. The van der Waals surface area contributed by atoms with Gasteiger partial charge < -0.3 is 4.74 Å². The minimum Gasteiger partial charge on any atom is -0.497 e. The SMILES string of the molecule is COc1ccc2/c(=N\OS(C)(=O)=O)ccccc2c1. The average molecular weight is 279 g/mol. The predicted molar refractivity (Wildman–Crippen MR) is 72.0 cm³/mol. The smallest absolute Gasteiger partial charge is 0.325 e. The number of rotatable bonds is 3. The molecule has 0 saturated heterocycles. The second kappa shape index (κ2) is 5.27. The zero-order valence-corrected chi connectivity index (χ0v) is 11.3. The van der Waals surface area contributed by atoms with E-state index in [1.165, 1.54) is 0 Å². The number of fused-ring (bicyclic) bond motifs is 1. The van der Waals surface area contributed by atoms with Crippen LogP contribution in [0.4, 0.5) is 0 Å². The van der Waals surface area contributed by atoms with E-state index in [2.05, 4.69) is 9.44 Å². The van der Waals surface area contributed by atoms with Crippen molar-refractivity contribution < 1.29 is 17.4 Å². The van der Waals surface area contributed by atoms with Gasteiger partial charge in [-0.3, -0.25) is 4.28 Å². The largest absolute Gasteiger partial charge is 0.497 e. The van der Waals surface area contributed by atoms with Gasteiger partial charge in [-0.1, -0.05) is 23.4 Å². The third-order valence-electron chi connectivity index (χ3n) is 2.45. The molecule has 6 heteroatoms. The lowest BCUT2D eigenvalue weighted by molar-refractivity contribution is 0.329. The fourth-order valence-electron chi connectivity index (χ4n) is 1.62. The molecule has 0 N–H and O–H groups in total. The van der Waals surface area contributed by atoms with E-state index in [0.717, 1.165) is 17.0 Å². The van der Waals surface area contributed by atoms with E-state index in [1.54, 1.807) is 31.4 Å². The van der Waals surface area contributed by atoms with E-state index in [1.807, 2.05) is 18.2 Å². The Kier molecular flexibility index (Phi) is 3.71. The molecule has 0 unspecified atom stereocenters. The molecule has 0 atom stereocenters.